The van der Waals surface area contributed by atoms with Crippen molar-refractivity contribution in [3.8, 4) is 11.3 Å². The molecule has 2 nitrogen and oxygen atoms in total. The molecule has 0 aliphatic carbocycles. The van der Waals surface area contributed by atoms with E-state index in [2.05, 4.69) is 0 Å². The predicted molar refractivity (Wildman–Crippen MR) is 61.3 cm³/mol. The van der Waals surface area contributed by atoms with Crippen molar-refractivity contribution in [3.05, 3.63) is 47.7 Å². The maximum absolute atomic E-state index is 13.5. The summed E-state index contributed by atoms with van der Waals surface area (Å²) in [5.41, 5.74) is 5.90. The zero-order valence-electron chi connectivity index (χ0n) is 9.41. The molecule has 0 bridgehead atoms. The van der Waals surface area contributed by atoms with E-state index in [0.29, 0.717) is 11.5 Å². The van der Waals surface area contributed by atoms with Crippen LogP contribution in [0.15, 0.2) is 34.7 Å². The maximum atomic E-state index is 13.5. The smallest absolute Gasteiger partial charge is 0.137 e. The SMILES string of the molecule is CCC(N)c1ccc(-c2cc(F)ccc2F)o1. The molecule has 0 amide bonds. The van der Waals surface area contributed by atoms with Crippen molar-refractivity contribution in [1.29, 1.82) is 0 Å². The lowest BCUT2D eigenvalue weighted by Crippen LogP contribution is -2.06. The summed E-state index contributed by atoms with van der Waals surface area (Å²) in [4.78, 5) is 0. The van der Waals surface area contributed by atoms with Crippen LogP contribution in [0.1, 0.15) is 25.1 Å². The highest BCUT2D eigenvalue weighted by molar-refractivity contribution is 5.58. The van der Waals surface area contributed by atoms with E-state index in [1.165, 1.54) is 0 Å². The number of hydrogen-bond donors (Lipinski definition) is 1. The third-order valence-electron chi connectivity index (χ3n) is 2.63. The fraction of sp³-hybridized carbons (Fsp3) is 0.231. The molecule has 0 fully saturated rings. The molecule has 4 heteroatoms. The van der Waals surface area contributed by atoms with Crippen LogP contribution in [0.3, 0.4) is 0 Å². The molecule has 17 heavy (non-hydrogen) atoms. The van der Waals surface area contributed by atoms with Crippen LogP contribution < -0.4 is 5.73 Å². The van der Waals surface area contributed by atoms with Crippen LogP contribution in [0.2, 0.25) is 0 Å². The van der Waals surface area contributed by atoms with Crippen molar-refractivity contribution in [3.63, 3.8) is 0 Å². The van der Waals surface area contributed by atoms with E-state index in [4.69, 9.17) is 10.2 Å². The molecule has 2 rings (SSSR count). The Morgan fingerprint density at radius 3 is 2.71 bits per heavy atom. The van der Waals surface area contributed by atoms with Gasteiger partial charge in [0.1, 0.15) is 23.2 Å². The lowest BCUT2D eigenvalue weighted by molar-refractivity contribution is 0.467. The Kier molecular flexibility index (Phi) is 3.24. The highest BCUT2D eigenvalue weighted by atomic mass is 19.1. The lowest BCUT2D eigenvalue weighted by atomic mass is 10.1. The molecule has 2 aromatic rings. The second-order valence-electron chi connectivity index (χ2n) is 3.84. The van der Waals surface area contributed by atoms with Gasteiger partial charge in [-0.3, -0.25) is 0 Å². The lowest BCUT2D eigenvalue weighted by Gasteiger charge is -2.04. The first-order chi connectivity index (χ1) is 8.11. The fourth-order valence-electron chi connectivity index (χ4n) is 1.58. The summed E-state index contributed by atoms with van der Waals surface area (Å²) in [5, 5.41) is 0. The van der Waals surface area contributed by atoms with E-state index >= 15 is 0 Å². The van der Waals surface area contributed by atoms with Crippen LogP contribution in [-0.4, -0.2) is 0 Å². The average Bonchev–Trinajstić information content (AvgIpc) is 2.80. The molecular formula is C13H13F2NO. The summed E-state index contributed by atoms with van der Waals surface area (Å²) in [7, 11) is 0. The highest BCUT2D eigenvalue weighted by Gasteiger charge is 2.13. The molecule has 1 atom stereocenters. The number of halogens is 2. The van der Waals surface area contributed by atoms with E-state index in [1.807, 2.05) is 6.92 Å². The molecule has 0 radical (unpaired) electrons. The third kappa shape index (κ3) is 2.36. The van der Waals surface area contributed by atoms with Crippen LogP contribution in [0.25, 0.3) is 11.3 Å². The number of hydrogen-bond acceptors (Lipinski definition) is 2. The molecule has 0 spiro atoms. The van der Waals surface area contributed by atoms with Gasteiger partial charge in [-0.1, -0.05) is 6.92 Å². The maximum Gasteiger partial charge on any atom is 0.137 e. The average molecular weight is 237 g/mol. The van der Waals surface area contributed by atoms with Crippen molar-refractivity contribution in [2.45, 2.75) is 19.4 Å². The Hall–Kier alpha value is -1.68. The summed E-state index contributed by atoms with van der Waals surface area (Å²) >= 11 is 0. The molecule has 0 aliphatic heterocycles. The van der Waals surface area contributed by atoms with Gasteiger partial charge in [-0.2, -0.15) is 0 Å². The second-order valence-corrected chi connectivity index (χ2v) is 3.84. The predicted octanol–water partition coefficient (Wildman–Crippen LogP) is 3.63. The molecule has 0 aliphatic rings. The largest absolute Gasteiger partial charge is 0.459 e. The molecule has 90 valence electrons. The molecule has 1 unspecified atom stereocenters. The minimum absolute atomic E-state index is 0.111. The van der Waals surface area contributed by atoms with Gasteiger partial charge >= 0.3 is 0 Å². The normalized spacial score (nSPS) is 12.7. The van der Waals surface area contributed by atoms with Gasteiger partial charge in [-0.15, -0.1) is 0 Å². The van der Waals surface area contributed by atoms with E-state index in [9.17, 15) is 8.78 Å². The van der Waals surface area contributed by atoms with Crippen LogP contribution in [0.4, 0.5) is 8.78 Å². The van der Waals surface area contributed by atoms with Crippen molar-refractivity contribution < 1.29 is 13.2 Å². The molecule has 0 saturated heterocycles. The first kappa shape index (κ1) is 11.8. The van der Waals surface area contributed by atoms with Gasteiger partial charge in [0.15, 0.2) is 0 Å². The molecular weight excluding hydrogens is 224 g/mol. The minimum Gasteiger partial charge on any atom is -0.459 e. The first-order valence-corrected chi connectivity index (χ1v) is 5.42. The second kappa shape index (κ2) is 4.67. The van der Waals surface area contributed by atoms with Gasteiger partial charge in [0, 0.05) is 0 Å². The fourth-order valence-corrected chi connectivity index (χ4v) is 1.58. The summed E-state index contributed by atoms with van der Waals surface area (Å²) in [6, 6.07) is 6.32. The minimum atomic E-state index is -0.516. The van der Waals surface area contributed by atoms with E-state index < -0.39 is 11.6 Å². The Morgan fingerprint density at radius 2 is 2.00 bits per heavy atom. The number of nitrogens with two attached hydrogens (primary N) is 1. The quantitative estimate of drug-likeness (QED) is 0.885. The van der Waals surface area contributed by atoms with Crippen molar-refractivity contribution in [1.82, 2.24) is 0 Å². The summed E-state index contributed by atoms with van der Waals surface area (Å²) in [6.45, 7) is 1.93. The molecule has 1 aromatic heterocycles. The van der Waals surface area contributed by atoms with Crippen LogP contribution in [0, 0.1) is 11.6 Å². The Labute approximate surface area is 98.0 Å². The number of rotatable bonds is 3. The summed E-state index contributed by atoms with van der Waals surface area (Å²) in [5.74, 6) is -0.149. The zero-order chi connectivity index (χ0) is 12.4. The Balaban J connectivity index is 2.40. The summed E-state index contributed by atoms with van der Waals surface area (Å²) in [6.07, 6.45) is 0.721. The van der Waals surface area contributed by atoms with Crippen LogP contribution in [-0.2, 0) is 0 Å². The Bertz CT molecular complexity index is 522. The van der Waals surface area contributed by atoms with Gasteiger partial charge in [0.25, 0.3) is 0 Å². The Morgan fingerprint density at radius 1 is 1.24 bits per heavy atom. The van der Waals surface area contributed by atoms with Gasteiger partial charge in [0.05, 0.1) is 11.6 Å². The van der Waals surface area contributed by atoms with E-state index in [0.717, 1.165) is 24.6 Å². The van der Waals surface area contributed by atoms with Crippen molar-refractivity contribution in [2.24, 2.45) is 5.73 Å². The van der Waals surface area contributed by atoms with Crippen LogP contribution >= 0.6 is 0 Å². The zero-order valence-corrected chi connectivity index (χ0v) is 9.41. The topological polar surface area (TPSA) is 39.2 Å². The van der Waals surface area contributed by atoms with Gasteiger partial charge < -0.3 is 10.2 Å². The van der Waals surface area contributed by atoms with Crippen LogP contribution in [0.5, 0.6) is 0 Å². The van der Waals surface area contributed by atoms with E-state index in [-0.39, 0.29) is 11.6 Å². The molecule has 1 aromatic carbocycles. The monoisotopic (exact) mass is 237 g/mol. The highest BCUT2D eigenvalue weighted by Crippen LogP contribution is 2.28. The molecule has 2 N–H and O–H groups in total. The van der Waals surface area contributed by atoms with Crippen molar-refractivity contribution in [2.75, 3.05) is 0 Å². The van der Waals surface area contributed by atoms with E-state index in [1.54, 1.807) is 12.1 Å². The number of benzene rings is 1. The van der Waals surface area contributed by atoms with Gasteiger partial charge in [-0.05, 0) is 36.8 Å². The summed E-state index contributed by atoms with van der Waals surface area (Å²) < 4.78 is 31.9. The molecule has 0 saturated carbocycles. The number of furan rings is 1. The third-order valence-corrected chi connectivity index (χ3v) is 2.63. The first-order valence-electron chi connectivity index (χ1n) is 5.42. The van der Waals surface area contributed by atoms with Gasteiger partial charge in [0.2, 0.25) is 0 Å². The van der Waals surface area contributed by atoms with Gasteiger partial charge in [-0.25, -0.2) is 8.78 Å². The van der Waals surface area contributed by atoms with Crippen molar-refractivity contribution >= 4 is 0 Å². The standard InChI is InChI=1S/C13H13F2NO/c1-2-11(16)13-6-5-12(17-13)9-7-8(14)3-4-10(9)15/h3-7,11H,2,16H2,1H3. The molecule has 1 heterocycles.